The molecular weight excluding hydrogens is 166 g/mol. The first-order valence-corrected chi connectivity index (χ1v) is 5.15. The highest BCUT2D eigenvalue weighted by Gasteiger charge is 2.39. The molecule has 78 valence electrons. The number of hydrogen-bond donors (Lipinski definition) is 2. The van der Waals surface area contributed by atoms with Crippen LogP contribution < -0.4 is 0 Å². The quantitative estimate of drug-likeness (QED) is 0.657. The van der Waals surface area contributed by atoms with Crippen molar-refractivity contribution < 1.29 is 10.2 Å². The lowest BCUT2D eigenvalue weighted by Crippen LogP contribution is -2.62. The van der Waals surface area contributed by atoms with Gasteiger partial charge in [-0.3, -0.25) is 4.90 Å². The fourth-order valence-corrected chi connectivity index (χ4v) is 2.04. The van der Waals surface area contributed by atoms with E-state index in [-0.39, 0.29) is 6.61 Å². The Balaban J connectivity index is 2.17. The maximum absolute atomic E-state index is 9.86. The molecule has 0 amide bonds. The molecule has 1 atom stereocenters. The van der Waals surface area contributed by atoms with E-state index < -0.39 is 5.60 Å². The third kappa shape index (κ3) is 2.93. The summed E-state index contributed by atoms with van der Waals surface area (Å²) in [4.78, 5) is 2.20. The van der Waals surface area contributed by atoms with Gasteiger partial charge in [-0.05, 0) is 12.3 Å². The van der Waals surface area contributed by atoms with Crippen molar-refractivity contribution in [2.75, 3.05) is 26.2 Å². The van der Waals surface area contributed by atoms with Crippen LogP contribution in [-0.4, -0.2) is 47.0 Å². The summed E-state index contributed by atoms with van der Waals surface area (Å²) >= 11 is 0. The van der Waals surface area contributed by atoms with Gasteiger partial charge in [-0.1, -0.05) is 20.3 Å². The molecule has 0 spiro atoms. The number of likely N-dealkylation sites (tertiary alicyclic amines) is 1. The normalized spacial score (nSPS) is 24.0. The predicted molar refractivity (Wildman–Crippen MR) is 52.5 cm³/mol. The molecule has 0 saturated carbocycles. The molecule has 0 aromatic rings. The molecule has 1 fully saturated rings. The molecule has 0 bridgehead atoms. The van der Waals surface area contributed by atoms with Gasteiger partial charge in [-0.15, -0.1) is 0 Å². The molecule has 1 aliphatic rings. The first-order chi connectivity index (χ1) is 6.09. The monoisotopic (exact) mass is 187 g/mol. The molecule has 2 N–H and O–H groups in total. The fraction of sp³-hybridized carbons (Fsp3) is 1.00. The smallest absolute Gasteiger partial charge is 0.0900 e. The van der Waals surface area contributed by atoms with Gasteiger partial charge >= 0.3 is 0 Å². The summed E-state index contributed by atoms with van der Waals surface area (Å²) in [5.41, 5.74) is -0.427. The predicted octanol–water partition coefficient (Wildman–Crippen LogP) is 0.462. The van der Waals surface area contributed by atoms with Crippen molar-refractivity contribution in [1.29, 1.82) is 0 Å². The number of aliphatic hydroxyl groups excluding tert-OH is 1. The standard InChI is InChI=1S/C10H21NO2/c1-3-4-10(13)7-11(8-10)5-9(2)6-12/h9,12-13H,3-8H2,1-2H3. The summed E-state index contributed by atoms with van der Waals surface area (Å²) in [6.07, 6.45) is 1.94. The second-order valence-corrected chi connectivity index (χ2v) is 4.43. The van der Waals surface area contributed by atoms with Gasteiger partial charge in [0.2, 0.25) is 0 Å². The molecule has 1 aliphatic heterocycles. The van der Waals surface area contributed by atoms with Crippen molar-refractivity contribution in [1.82, 2.24) is 4.90 Å². The van der Waals surface area contributed by atoms with Crippen LogP contribution in [0.1, 0.15) is 26.7 Å². The lowest BCUT2D eigenvalue weighted by atomic mass is 9.88. The van der Waals surface area contributed by atoms with Crippen molar-refractivity contribution in [3.63, 3.8) is 0 Å². The summed E-state index contributed by atoms with van der Waals surface area (Å²) in [5, 5.41) is 18.7. The zero-order valence-corrected chi connectivity index (χ0v) is 8.66. The van der Waals surface area contributed by atoms with Crippen LogP contribution in [0, 0.1) is 5.92 Å². The second-order valence-electron chi connectivity index (χ2n) is 4.43. The van der Waals surface area contributed by atoms with Gasteiger partial charge in [-0.2, -0.15) is 0 Å². The Morgan fingerprint density at radius 2 is 2.08 bits per heavy atom. The van der Waals surface area contributed by atoms with Gasteiger partial charge in [-0.25, -0.2) is 0 Å². The Morgan fingerprint density at radius 1 is 1.46 bits per heavy atom. The molecule has 0 aliphatic carbocycles. The minimum atomic E-state index is -0.427. The molecule has 13 heavy (non-hydrogen) atoms. The van der Waals surface area contributed by atoms with Crippen molar-refractivity contribution in [2.45, 2.75) is 32.3 Å². The van der Waals surface area contributed by atoms with Crippen molar-refractivity contribution in [3.8, 4) is 0 Å². The van der Waals surface area contributed by atoms with Crippen molar-refractivity contribution in [2.24, 2.45) is 5.92 Å². The van der Waals surface area contributed by atoms with E-state index in [9.17, 15) is 5.11 Å². The highest BCUT2D eigenvalue weighted by atomic mass is 16.3. The number of hydrogen-bond acceptors (Lipinski definition) is 3. The van der Waals surface area contributed by atoms with Crippen LogP contribution in [0.15, 0.2) is 0 Å². The fourth-order valence-electron chi connectivity index (χ4n) is 2.04. The Bertz CT molecular complexity index is 155. The molecular formula is C10H21NO2. The van der Waals surface area contributed by atoms with Gasteiger partial charge in [0.25, 0.3) is 0 Å². The summed E-state index contributed by atoms with van der Waals surface area (Å²) in [6, 6.07) is 0. The largest absolute Gasteiger partial charge is 0.396 e. The number of β-amino-alcohol motifs (C(OH)–C–C–N with tert-alkyl or cyclic N) is 1. The van der Waals surface area contributed by atoms with Crippen LogP contribution in [0.5, 0.6) is 0 Å². The zero-order chi connectivity index (χ0) is 9.90. The summed E-state index contributed by atoms with van der Waals surface area (Å²) < 4.78 is 0. The first-order valence-electron chi connectivity index (χ1n) is 5.15. The topological polar surface area (TPSA) is 43.7 Å². The zero-order valence-electron chi connectivity index (χ0n) is 8.66. The minimum Gasteiger partial charge on any atom is -0.396 e. The Labute approximate surface area is 80.4 Å². The Morgan fingerprint density at radius 3 is 2.54 bits per heavy atom. The van der Waals surface area contributed by atoms with E-state index in [2.05, 4.69) is 11.8 Å². The van der Waals surface area contributed by atoms with Gasteiger partial charge in [0.05, 0.1) is 5.60 Å². The lowest BCUT2D eigenvalue weighted by Gasteiger charge is -2.47. The molecule has 0 aromatic heterocycles. The second kappa shape index (κ2) is 4.40. The molecule has 1 rings (SSSR count). The van der Waals surface area contributed by atoms with E-state index in [0.717, 1.165) is 32.5 Å². The molecule has 0 aromatic carbocycles. The average Bonchev–Trinajstić information content (AvgIpc) is 2.02. The van der Waals surface area contributed by atoms with Crippen molar-refractivity contribution >= 4 is 0 Å². The summed E-state index contributed by atoms with van der Waals surface area (Å²) in [6.45, 7) is 6.83. The van der Waals surface area contributed by atoms with E-state index in [1.54, 1.807) is 0 Å². The van der Waals surface area contributed by atoms with Crippen LogP contribution in [-0.2, 0) is 0 Å². The van der Waals surface area contributed by atoms with E-state index in [4.69, 9.17) is 5.11 Å². The third-order valence-corrected chi connectivity index (χ3v) is 2.63. The highest BCUT2D eigenvalue weighted by Crippen LogP contribution is 2.26. The van der Waals surface area contributed by atoms with E-state index in [1.165, 1.54) is 0 Å². The average molecular weight is 187 g/mol. The minimum absolute atomic E-state index is 0.239. The van der Waals surface area contributed by atoms with Crippen molar-refractivity contribution in [3.05, 3.63) is 0 Å². The molecule has 1 heterocycles. The maximum Gasteiger partial charge on any atom is 0.0900 e. The SMILES string of the molecule is CCCC1(O)CN(CC(C)CO)C1. The first kappa shape index (κ1) is 11.0. The maximum atomic E-state index is 9.86. The van der Waals surface area contributed by atoms with Crippen LogP contribution in [0.25, 0.3) is 0 Å². The van der Waals surface area contributed by atoms with E-state index >= 15 is 0 Å². The number of rotatable bonds is 5. The van der Waals surface area contributed by atoms with Crippen LogP contribution >= 0.6 is 0 Å². The van der Waals surface area contributed by atoms with Gasteiger partial charge in [0.1, 0.15) is 0 Å². The highest BCUT2D eigenvalue weighted by molar-refractivity contribution is 4.95. The Kier molecular flexibility index (Phi) is 3.71. The van der Waals surface area contributed by atoms with E-state index in [0.29, 0.717) is 5.92 Å². The molecule has 3 nitrogen and oxygen atoms in total. The molecule has 1 unspecified atom stereocenters. The number of nitrogens with zero attached hydrogens (tertiary/aromatic N) is 1. The van der Waals surface area contributed by atoms with Crippen LogP contribution in [0.4, 0.5) is 0 Å². The summed E-state index contributed by atoms with van der Waals surface area (Å²) in [5.74, 6) is 0.325. The third-order valence-electron chi connectivity index (χ3n) is 2.63. The van der Waals surface area contributed by atoms with Gasteiger partial charge < -0.3 is 10.2 Å². The van der Waals surface area contributed by atoms with E-state index in [1.807, 2.05) is 6.92 Å². The Hall–Kier alpha value is -0.120. The van der Waals surface area contributed by atoms with Gasteiger partial charge in [0, 0.05) is 26.2 Å². The lowest BCUT2D eigenvalue weighted by molar-refractivity contribution is -0.108. The van der Waals surface area contributed by atoms with Crippen LogP contribution in [0.3, 0.4) is 0 Å². The molecule has 3 heteroatoms. The van der Waals surface area contributed by atoms with Crippen LogP contribution in [0.2, 0.25) is 0 Å². The van der Waals surface area contributed by atoms with Gasteiger partial charge in [0.15, 0.2) is 0 Å². The number of aliphatic hydroxyl groups is 2. The molecule has 0 radical (unpaired) electrons. The molecule has 1 saturated heterocycles. The summed E-state index contributed by atoms with van der Waals surface area (Å²) in [7, 11) is 0.